The number of aliphatic hydroxyl groups is 2. The Hall–Kier alpha value is -0.160. The van der Waals surface area contributed by atoms with Gasteiger partial charge in [0.15, 0.2) is 0 Å². The molecule has 0 aromatic rings. The summed E-state index contributed by atoms with van der Waals surface area (Å²) in [4.78, 5) is 11.0. The Labute approximate surface area is 108 Å². The molecule has 4 heteroatoms. The topological polar surface area (TPSA) is 58.9 Å². The number of fused-ring (bicyclic) bond motifs is 1. The lowest BCUT2D eigenvalue weighted by Crippen LogP contribution is -2.71. The van der Waals surface area contributed by atoms with Crippen molar-refractivity contribution in [2.24, 2.45) is 10.8 Å². The van der Waals surface area contributed by atoms with Gasteiger partial charge in [-0.25, -0.2) is 9.78 Å². The highest BCUT2D eigenvalue weighted by atomic mass is 17.2. The van der Waals surface area contributed by atoms with E-state index in [1.54, 1.807) is 0 Å². The highest BCUT2D eigenvalue weighted by Crippen LogP contribution is 2.65. The summed E-state index contributed by atoms with van der Waals surface area (Å²) in [6, 6.07) is 0. The second-order valence-electron chi connectivity index (χ2n) is 7.16. The molecule has 0 unspecified atom stereocenters. The smallest absolute Gasteiger partial charge is 0.133 e. The molecule has 0 radical (unpaired) electrons. The van der Waals surface area contributed by atoms with E-state index in [-0.39, 0.29) is 16.9 Å². The van der Waals surface area contributed by atoms with Crippen molar-refractivity contribution in [3.05, 3.63) is 0 Å². The summed E-state index contributed by atoms with van der Waals surface area (Å²) in [6.45, 7) is 6.51. The van der Waals surface area contributed by atoms with E-state index in [2.05, 4.69) is 13.8 Å². The highest BCUT2D eigenvalue weighted by Gasteiger charge is 2.68. The zero-order valence-electron chi connectivity index (χ0n) is 11.5. The Morgan fingerprint density at radius 3 is 2.50 bits per heavy atom. The molecule has 3 fully saturated rings. The molecule has 18 heavy (non-hydrogen) atoms. The zero-order valence-corrected chi connectivity index (χ0v) is 11.5. The monoisotopic (exact) mass is 256 g/mol. The maximum Gasteiger partial charge on any atom is 0.133 e. The fourth-order valence-electron chi connectivity index (χ4n) is 4.63. The molecule has 2 N–H and O–H groups in total. The van der Waals surface area contributed by atoms with Gasteiger partial charge < -0.3 is 10.2 Å². The molecule has 1 aliphatic heterocycles. The van der Waals surface area contributed by atoms with Crippen LogP contribution < -0.4 is 0 Å². The first-order valence-corrected chi connectivity index (χ1v) is 7.03. The molecule has 5 atom stereocenters. The largest absolute Gasteiger partial charge is 0.390 e. The van der Waals surface area contributed by atoms with Crippen LogP contribution in [0.4, 0.5) is 0 Å². The Morgan fingerprint density at radius 1 is 1.06 bits per heavy atom. The normalized spacial score (nSPS) is 54.8. The van der Waals surface area contributed by atoms with Crippen LogP contribution in [-0.4, -0.2) is 34.1 Å². The lowest BCUT2D eigenvalue weighted by atomic mass is 9.45. The van der Waals surface area contributed by atoms with E-state index >= 15 is 0 Å². The molecule has 0 aromatic carbocycles. The van der Waals surface area contributed by atoms with Crippen molar-refractivity contribution >= 4 is 0 Å². The molecule has 0 aromatic heterocycles. The van der Waals surface area contributed by atoms with Crippen LogP contribution in [0, 0.1) is 10.8 Å². The van der Waals surface area contributed by atoms with Gasteiger partial charge >= 0.3 is 0 Å². The number of hydrogen-bond acceptors (Lipinski definition) is 4. The minimum atomic E-state index is -0.647. The van der Waals surface area contributed by atoms with Crippen molar-refractivity contribution in [1.82, 2.24) is 0 Å². The number of rotatable bonds is 0. The van der Waals surface area contributed by atoms with Gasteiger partial charge in [0.05, 0.1) is 12.2 Å². The third-order valence-corrected chi connectivity index (χ3v) is 6.11. The van der Waals surface area contributed by atoms with Crippen LogP contribution in [0.5, 0.6) is 0 Å². The second kappa shape index (κ2) is 3.69. The maximum absolute atomic E-state index is 10.4. The lowest BCUT2D eigenvalue weighted by Gasteiger charge is -2.66. The van der Waals surface area contributed by atoms with Crippen LogP contribution >= 0.6 is 0 Å². The molecule has 2 aliphatic carbocycles. The predicted molar refractivity (Wildman–Crippen MR) is 65.7 cm³/mol. The molecule has 1 heterocycles. The van der Waals surface area contributed by atoms with Gasteiger partial charge in [0.2, 0.25) is 0 Å². The molecular weight excluding hydrogens is 232 g/mol. The van der Waals surface area contributed by atoms with E-state index in [1.807, 2.05) is 6.92 Å². The van der Waals surface area contributed by atoms with Crippen LogP contribution in [0.3, 0.4) is 0 Å². The summed E-state index contributed by atoms with van der Waals surface area (Å²) in [7, 11) is 0. The van der Waals surface area contributed by atoms with Crippen LogP contribution in [0.1, 0.15) is 52.9 Å². The van der Waals surface area contributed by atoms with Gasteiger partial charge in [-0.2, -0.15) is 0 Å². The number of hydrogen-bond donors (Lipinski definition) is 2. The number of aliphatic hydroxyl groups excluding tert-OH is 2. The predicted octanol–water partition coefficient (Wildman–Crippen LogP) is 1.79. The summed E-state index contributed by atoms with van der Waals surface area (Å²) < 4.78 is 0. The van der Waals surface area contributed by atoms with Gasteiger partial charge in [0, 0.05) is 5.41 Å². The van der Waals surface area contributed by atoms with Crippen LogP contribution in [-0.2, 0) is 9.78 Å². The maximum atomic E-state index is 10.4. The van der Waals surface area contributed by atoms with Crippen molar-refractivity contribution in [3.8, 4) is 0 Å². The zero-order chi connectivity index (χ0) is 13.2. The SMILES string of the molecule is CC1(C)CC[C@H](O)[C@@]2(C)OO[C@H]3C[C@@]12CC[C@H]3O. The average molecular weight is 256 g/mol. The van der Waals surface area contributed by atoms with Crippen molar-refractivity contribution in [2.75, 3.05) is 0 Å². The minimum Gasteiger partial charge on any atom is -0.390 e. The summed E-state index contributed by atoms with van der Waals surface area (Å²) >= 11 is 0. The van der Waals surface area contributed by atoms with Crippen LogP contribution in [0.2, 0.25) is 0 Å². The van der Waals surface area contributed by atoms with Crippen molar-refractivity contribution < 1.29 is 20.0 Å². The average Bonchev–Trinajstić information content (AvgIpc) is 2.33. The standard InChI is InChI=1S/C14H24O4/c1-12(2)6-5-11(16)13(3)14(12)7-4-9(15)10(8-14)17-18-13/h9-11,15-16H,4-8H2,1-3H3/t9-,10+,11+,13-,14+/m1/s1. The first-order valence-electron chi connectivity index (χ1n) is 7.03. The second-order valence-corrected chi connectivity index (χ2v) is 7.16. The van der Waals surface area contributed by atoms with E-state index < -0.39 is 17.8 Å². The first kappa shape index (κ1) is 12.9. The van der Waals surface area contributed by atoms with Crippen molar-refractivity contribution in [2.45, 2.75) is 76.8 Å². The minimum absolute atomic E-state index is 0.0974. The Balaban J connectivity index is 2.06. The molecule has 1 spiro atoms. The van der Waals surface area contributed by atoms with Gasteiger partial charge in [-0.1, -0.05) is 13.8 Å². The molecular formula is C14H24O4. The van der Waals surface area contributed by atoms with Gasteiger partial charge in [-0.15, -0.1) is 0 Å². The fourth-order valence-corrected chi connectivity index (χ4v) is 4.63. The Kier molecular flexibility index (Phi) is 2.63. The Morgan fingerprint density at radius 2 is 1.78 bits per heavy atom. The van der Waals surface area contributed by atoms with Crippen molar-refractivity contribution in [1.29, 1.82) is 0 Å². The molecule has 104 valence electrons. The molecule has 1 saturated heterocycles. The lowest BCUT2D eigenvalue weighted by molar-refractivity contribution is -0.485. The molecule has 3 rings (SSSR count). The van der Waals surface area contributed by atoms with Gasteiger partial charge in [0.1, 0.15) is 11.7 Å². The van der Waals surface area contributed by atoms with Gasteiger partial charge in [-0.05, 0) is 44.4 Å². The molecule has 2 bridgehead atoms. The molecule has 4 nitrogen and oxygen atoms in total. The molecule has 0 amide bonds. The molecule has 3 aliphatic rings. The fraction of sp³-hybridized carbons (Fsp3) is 1.00. The van der Waals surface area contributed by atoms with E-state index in [4.69, 9.17) is 9.78 Å². The summed E-state index contributed by atoms with van der Waals surface area (Å²) in [5, 5.41) is 20.4. The summed E-state index contributed by atoms with van der Waals surface area (Å²) in [6.07, 6.45) is 3.01. The van der Waals surface area contributed by atoms with Gasteiger partial charge in [0.25, 0.3) is 0 Å². The third-order valence-electron chi connectivity index (χ3n) is 6.11. The molecule has 2 saturated carbocycles. The van der Waals surface area contributed by atoms with Gasteiger partial charge in [-0.3, -0.25) is 0 Å². The Bertz CT molecular complexity index is 356. The van der Waals surface area contributed by atoms with E-state index in [0.29, 0.717) is 0 Å². The highest BCUT2D eigenvalue weighted by molar-refractivity contribution is 5.15. The van der Waals surface area contributed by atoms with E-state index in [9.17, 15) is 10.2 Å². The third kappa shape index (κ3) is 1.35. The summed E-state index contributed by atoms with van der Waals surface area (Å²) in [5.41, 5.74) is -0.644. The van der Waals surface area contributed by atoms with Crippen LogP contribution in [0.25, 0.3) is 0 Å². The first-order chi connectivity index (χ1) is 8.32. The van der Waals surface area contributed by atoms with Crippen molar-refractivity contribution in [3.63, 3.8) is 0 Å². The van der Waals surface area contributed by atoms with E-state index in [0.717, 1.165) is 32.1 Å². The van der Waals surface area contributed by atoms with E-state index in [1.165, 1.54) is 0 Å². The quantitative estimate of drug-likeness (QED) is 0.649. The summed E-state index contributed by atoms with van der Waals surface area (Å²) in [5.74, 6) is 0. The van der Waals surface area contributed by atoms with Crippen LogP contribution in [0.15, 0.2) is 0 Å².